The monoisotopic (exact) mass is 304 g/mol. The quantitative estimate of drug-likeness (QED) is 0.483. The zero-order valence-corrected chi connectivity index (χ0v) is 12.5. The fourth-order valence-electron chi connectivity index (χ4n) is 2.47. The first kappa shape index (κ1) is 13.2. The largest absolute Gasteiger partial charge is 0.456 e. The summed E-state index contributed by atoms with van der Waals surface area (Å²) >= 11 is 1.64. The topological polar surface area (TPSA) is 30.2 Å². The molecule has 0 bridgehead atoms. The second-order valence-electron chi connectivity index (χ2n) is 5.00. The van der Waals surface area contributed by atoms with Gasteiger partial charge in [-0.25, -0.2) is 0 Å². The van der Waals surface area contributed by atoms with Gasteiger partial charge in [0, 0.05) is 9.79 Å². The van der Waals surface area contributed by atoms with Gasteiger partial charge in [0.2, 0.25) is 5.43 Å². The lowest BCUT2D eigenvalue weighted by atomic mass is 10.1. The first-order valence-corrected chi connectivity index (χ1v) is 7.81. The summed E-state index contributed by atoms with van der Waals surface area (Å²) in [6.07, 6.45) is 0. The molecule has 0 saturated heterocycles. The van der Waals surface area contributed by atoms with Crippen molar-refractivity contribution in [1.29, 1.82) is 0 Å². The Kier molecular flexibility index (Phi) is 3.20. The SMILES string of the molecule is O=c1c2ccccc2oc2ccc(Sc3ccccc3)cc12. The molecule has 0 N–H and O–H groups in total. The minimum atomic E-state index is 0.0207. The van der Waals surface area contributed by atoms with Gasteiger partial charge in [0.15, 0.2) is 0 Å². The zero-order chi connectivity index (χ0) is 14.9. The number of hydrogen-bond acceptors (Lipinski definition) is 3. The number of benzene rings is 3. The molecule has 0 aliphatic carbocycles. The lowest BCUT2D eigenvalue weighted by molar-refractivity contribution is 0.659. The number of fused-ring (bicyclic) bond motifs is 2. The highest BCUT2D eigenvalue weighted by atomic mass is 32.2. The molecule has 1 heterocycles. The first-order chi connectivity index (χ1) is 10.8. The Morgan fingerprint density at radius 3 is 2.27 bits per heavy atom. The second-order valence-corrected chi connectivity index (χ2v) is 6.15. The summed E-state index contributed by atoms with van der Waals surface area (Å²) in [5, 5.41) is 1.25. The number of hydrogen-bond donors (Lipinski definition) is 0. The van der Waals surface area contributed by atoms with Crippen LogP contribution in [0, 0.1) is 0 Å². The molecule has 0 aliphatic heterocycles. The van der Waals surface area contributed by atoms with Crippen LogP contribution in [0.4, 0.5) is 0 Å². The van der Waals surface area contributed by atoms with Crippen LogP contribution in [-0.4, -0.2) is 0 Å². The summed E-state index contributed by atoms with van der Waals surface area (Å²) in [5.41, 5.74) is 1.27. The van der Waals surface area contributed by atoms with E-state index in [9.17, 15) is 4.79 Å². The van der Waals surface area contributed by atoms with Crippen LogP contribution in [0.25, 0.3) is 21.9 Å². The molecular formula is C19H12O2S. The van der Waals surface area contributed by atoms with Gasteiger partial charge < -0.3 is 4.42 Å². The minimum absolute atomic E-state index is 0.0207. The van der Waals surface area contributed by atoms with Crippen LogP contribution >= 0.6 is 11.8 Å². The summed E-state index contributed by atoms with van der Waals surface area (Å²) in [6, 6.07) is 23.2. The third-order valence-electron chi connectivity index (χ3n) is 3.53. The predicted octanol–water partition coefficient (Wildman–Crippen LogP) is 5.10. The molecule has 3 heteroatoms. The van der Waals surface area contributed by atoms with E-state index in [2.05, 4.69) is 12.1 Å². The van der Waals surface area contributed by atoms with Crippen LogP contribution < -0.4 is 5.43 Å². The minimum Gasteiger partial charge on any atom is -0.456 e. The maximum atomic E-state index is 12.6. The van der Waals surface area contributed by atoms with Gasteiger partial charge >= 0.3 is 0 Å². The van der Waals surface area contributed by atoms with E-state index in [0.29, 0.717) is 21.9 Å². The lowest BCUT2D eigenvalue weighted by Crippen LogP contribution is -2.01. The van der Waals surface area contributed by atoms with Crippen LogP contribution in [0.15, 0.2) is 91.8 Å². The van der Waals surface area contributed by atoms with Crippen molar-refractivity contribution in [3.05, 3.63) is 83.0 Å². The molecule has 4 rings (SSSR count). The second kappa shape index (κ2) is 5.35. The van der Waals surface area contributed by atoms with Gasteiger partial charge in [-0.2, -0.15) is 0 Å². The molecule has 0 saturated carbocycles. The van der Waals surface area contributed by atoms with Gasteiger partial charge in [0.25, 0.3) is 0 Å². The fourth-order valence-corrected chi connectivity index (χ4v) is 3.35. The Labute approximate surface area is 131 Å². The molecule has 0 fully saturated rings. The maximum Gasteiger partial charge on any atom is 0.200 e. The van der Waals surface area contributed by atoms with Gasteiger partial charge in [-0.1, -0.05) is 42.1 Å². The van der Waals surface area contributed by atoms with E-state index >= 15 is 0 Å². The third-order valence-corrected chi connectivity index (χ3v) is 4.52. The summed E-state index contributed by atoms with van der Waals surface area (Å²) < 4.78 is 5.82. The predicted molar refractivity (Wildman–Crippen MR) is 90.6 cm³/mol. The molecule has 0 unspecified atom stereocenters. The van der Waals surface area contributed by atoms with Crippen molar-refractivity contribution < 1.29 is 4.42 Å². The molecule has 2 nitrogen and oxygen atoms in total. The number of rotatable bonds is 2. The molecule has 0 spiro atoms. The maximum absolute atomic E-state index is 12.6. The molecule has 0 radical (unpaired) electrons. The summed E-state index contributed by atoms with van der Waals surface area (Å²) in [7, 11) is 0. The van der Waals surface area contributed by atoms with Crippen LogP contribution in [0.5, 0.6) is 0 Å². The van der Waals surface area contributed by atoms with Crippen LogP contribution in [0.3, 0.4) is 0 Å². The molecule has 1 aromatic heterocycles. The van der Waals surface area contributed by atoms with E-state index < -0.39 is 0 Å². The molecule has 3 aromatic carbocycles. The van der Waals surface area contributed by atoms with E-state index in [0.717, 1.165) is 9.79 Å². The van der Waals surface area contributed by atoms with E-state index in [1.54, 1.807) is 17.8 Å². The first-order valence-electron chi connectivity index (χ1n) is 7.00. The highest BCUT2D eigenvalue weighted by Crippen LogP contribution is 2.30. The van der Waals surface area contributed by atoms with Crippen LogP contribution in [0.2, 0.25) is 0 Å². The standard InChI is InChI=1S/C19H12O2S/c20-19-15-8-4-5-9-17(15)21-18-11-10-14(12-16(18)19)22-13-6-2-1-3-7-13/h1-12H. The van der Waals surface area contributed by atoms with Gasteiger partial charge in [-0.15, -0.1) is 0 Å². The average Bonchev–Trinajstić information content (AvgIpc) is 2.57. The average molecular weight is 304 g/mol. The van der Waals surface area contributed by atoms with Crippen LogP contribution in [-0.2, 0) is 0 Å². The van der Waals surface area contributed by atoms with Crippen molar-refractivity contribution in [2.75, 3.05) is 0 Å². The van der Waals surface area contributed by atoms with E-state index in [-0.39, 0.29) is 5.43 Å². The highest BCUT2D eigenvalue weighted by molar-refractivity contribution is 7.99. The molecule has 0 atom stereocenters. The summed E-state index contributed by atoms with van der Waals surface area (Å²) in [5.74, 6) is 0. The number of para-hydroxylation sites is 1. The van der Waals surface area contributed by atoms with Crippen molar-refractivity contribution in [2.45, 2.75) is 9.79 Å². The van der Waals surface area contributed by atoms with Crippen molar-refractivity contribution in [3.63, 3.8) is 0 Å². The van der Waals surface area contributed by atoms with Gasteiger partial charge in [-0.05, 0) is 42.5 Å². The normalized spacial score (nSPS) is 11.1. The lowest BCUT2D eigenvalue weighted by Gasteiger charge is -2.04. The van der Waals surface area contributed by atoms with E-state index in [1.165, 1.54) is 0 Å². The van der Waals surface area contributed by atoms with Gasteiger partial charge in [0.1, 0.15) is 11.2 Å². The molecule has 0 amide bonds. The van der Waals surface area contributed by atoms with Gasteiger partial charge in [0.05, 0.1) is 10.8 Å². The Bertz CT molecular complexity index is 1020. The molecule has 0 aliphatic rings. The molecule has 106 valence electrons. The van der Waals surface area contributed by atoms with Crippen LogP contribution in [0.1, 0.15) is 0 Å². The Balaban J connectivity index is 1.88. The highest BCUT2D eigenvalue weighted by Gasteiger charge is 2.08. The third kappa shape index (κ3) is 2.30. The summed E-state index contributed by atoms with van der Waals surface area (Å²) in [6.45, 7) is 0. The van der Waals surface area contributed by atoms with Crippen molar-refractivity contribution in [1.82, 2.24) is 0 Å². The molecule has 4 aromatic rings. The Hall–Kier alpha value is -2.52. The van der Waals surface area contributed by atoms with Crippen molar-refractivity contribution in [3.8, 4) is 0 Å². The van der Waals surface area contributed by atoms with E-state index in [4.69, 9.17) is 4.42 Å². The van der Waals surface area contributed by atoms with E-state index in [1.807, 2.05) is 54.6 Å². The molecular weight excluding hydrogens is 292 g/mol. The molecule has 22 heavy (non-hydrogen) atoms. The summed E-state index contributed by atoms with van der Waals surface area (Å²) in [4.78, 5) is 14.8. The fraction of sp³-hybridized carbons (Fsp3) is 0. The van der Waals surface area contributed by atoms with Crippen molar-refractivity contribution in [2.24, 2.45) is 0 Å². The Morgan fingerprint density at radius 2 is 1.41 bits per heavy atom. The zero-order valence-electron chi connectivity index (χ0n) is 11.7. The smallest absolute Gasteiger partial charge is 0.200 e. The van der Waals surface area contributed by atoms with Gasteiger partial charge in [-0.3, -0.25) is 4.79 Å². The van der Waals surface area contributed by atoms with Crippen molar-refractivity contribution >= 4 is 33.7 Å². The Morgan fingerprint density at radius 1 is 0.682 bits per heavy atom.